The lowest BCUT2D eigenvalue weighted by atomic mass is 10.1. The number of hydrogen-bond donors (Lipinski definition) is 2. The van der Waals surface area contributed by atoms with Crippen molar-refractivity contribution in [2.45, 2.75) is 0 Å². The quantitative estimate of drug-likeness (QED) is 0.419. The molecule has 0 aliphatic heterocycles. The van der Waals surface area contributed by atoms with Crippen molar-refractivity contribution in [2.75, 3.05) is 0 Å². The Morgan fingerprint density at radius 3 is 2.76 bits per heavy atom. The third-order valence-electron chi connectivity index (χ3n) is 3.13. The summed E-state index contributed by atoms with van der Waals surface area (Å²) in [5.74, 6) is -1.29. The van der Waals surface area contributed by atoms with Crippen molar-refractivity contribution < 1.29 is 14.8 Å². The zero-order chi connectivity index (χ0) is 15.1. The lowest BCUT2D eigenvalue weighted by Gasteiger charge is -2.05. The number of hydrogen-bond acceptors (Lipinski definition) is 5. The van der Waals surface area contributed by atoms with E-state index in [0.29, 0.717) is 0 Å². The van der Waals surface area contributed by atoms with Gasteiger partial charge in [0.2, 0.25) is 5.43 Å². The lowest BCUT2D eigenvalue weighted by Crippen LogP contribution is -2.11. The van der Waals surface area contributed by atoms with Crippen LogP contribution in [0.2, 0.25) is 0 Å². The molecule has 8 heteroatoms. The van der Waals surface area contributed by atoms with Crippen molar-refractivity contribution in [1.82, 2.24) is 9.97 Å². The van der Waals surface area contributed by atoms with Gasteiger partial charge in [-0.3, -0.25) is 14.9 Å². The highest BCUT2D eigenvalue weighted by Gasteiger charge is 2.22. The van der Waals surface area contributed by atoms with Crippen LogP contribution >= 0.6 is 0 Å². The summed E-state index contributed by atoms with van der Waals surface area (Å²) < 4.78 is 0. The van der Waals surface area contributed by atoms with E-state index >= 15 is 0 Å². The number of benzene rings is 1. The molecule has 104 valence electrons. The number of H-pyrrole nitrogens is 1. The predicted molar refractivity (Wildman–Crippen MR) is 73.5 cm³/mol. The van der Waals surface area contributed by atoms with Crippen molar-refractivity contribution in [1.29, 1.82) is 0 Å². The third kappa shape index (κ3) is 1.81. The van der Waals surface area contributed by atoms with Crippen LogP contribution in [0.25, 0.3) is 21.9 Å². The number of aromatic carboxylic acids is 1. The number of fused-ring (bicyclic) bond motifs is 2. The highest BCUT2D eigenvalue weighted by molar-refractivity contribution is 6.07. The smallest absolute Gasteiger partial charge is 0.337 e. The molecule has 2 heterocycles. The molecule has 3 rings (SSSR count). The minimum absolute atomic E-state index is 0.104. The Hall–Kier alpha value is -3.29. The zero-order valence-electron chi connectivity index (χ0n) is 10.4. The molecule has 0 aliphatic rings. The van der Waals surface area contributed by atoms with E-state index in [2.05, 4.69) is 9.97 Å². The largest absolute Gasteiger partial charge is 0.478 e. The Kier molecular flexibility index (Phi) is 2.65. The Bertz CT molecular complexity index is 977. The molecule has 0 aliphatic carbocycles. The Balaban J connectivity index is 2.65. The van der Waals surface area contributed by atoms with Crippen LogP contribution in [0.1, 0.15) is 10.4 Å². The summed E-state index contributed by atoms with van der Waals surface area (Å²) in [6.45, 7) is 0. The van der Waals surface area contributed by atoms with Crippen LogP contribution in [-0.4, -0.2) is 26.0 Å². The van der Waals surface area contributed by atoms with E-state index in [1.807, 2.05) is 0 Å². The van der Waals surface area contributed by atoms with Crippen molar-refractivity contribution in [3.63, 3.8) is 0 Å². The lowest BCUT2D eigenvalue weighted by molar-refractivity contribution is -0.383. The number of nitro groups is 1. The maximum absolute atomic E-state index is 12.4. The van der Waals surface area contributed by atoms with Crippen LogP contribution < -0.4 is 5.43 Å². The van der Waals surface area contributed by atoms with E-state index in [1.165, 1.54) is 18.3 Å². The fourth-order valence-electron chi connectivity index (χ4n) is 2.22. The first-order valence-electron chi connectivity index (χ1n) is 5.82. The van der Waals surface area contributed by atoms with Gasteiger partial charge in [0, 0.05) is 12.3 Å². The Morgan fingerprint density at radius 2 is 2.10 bits per heavy atom. The maximum Gasteiger partial charge on any atom is 0.337 e. The molecule has 0 radical (unpaired) electrons. The average molecular weight is 285 g/mol. The topological polar surface area (TPSA) is 126 Å². The van der Waals surface area contributed by atoms with Crippen molar-refractivity contribution in [3.8, 4) is 0 Å². The van der Waals surface area contributed by atoms with Gasteiger partial charge in [-0.15, -0.1) is 0 Å². The van der Waals surface area contributed by atoms with Gasteiger partial charge < -0.3 is 10.1 Å². The number of carboxylic acid groups (broad SMARTS) is 1. The fourth-order valence-corrected chi connectivity index (χ4v) is 2.22. The average Bonchev–Trinajstić information content (AvgIpc) is 2.46. The Morgan fingerprint density at radius 1 is 1.33 bits per heavy atom. The third-order valence-corrected chi connectivity index (χ3v) is 3.13. The first-order chi connectivity index (χ1) is 10.0. The highest BCUT2D eigenvalue weighted by atomic mass is 16.6. The molecule has 0 fully saturated rings. The second-order valence-electron chi connectivity index (χ2n) is 4.30. The highest BCUT2D eigenvalue weighted by Crippen LogP contribution is 2.26. The molecule has 0 amide bonds. The number of non-ortho nitro benzene ring substituents is 1. The molecule has 2 N–H and O–H groups in total. The number of aromatic nitrogens is 2. The first-order valence-corrected chi connectivity index (χ1v) is 5.82. The van der Waals surface area contributed by atoms with E-state index < -0.39 is 22.0 Å². The second kappa shape index (κ2) is 4.37. The van der Waals surface area contributed by atoms with Crippen LogP contribution in [0, 0.1) is 10.1 Å². The van der Waals surface area contributed by atoms with Gasteiger partial charge in [-0.05, 0) is 18.2 Å². The van der Waals surface area contributed by atoms with Crippen LogP contribution in [-0.2, 0) is 0 Å². The molecule has 0 spiro atoms. The molecule has 0 saturated carbocycles. The number of carboxylic acids is 1. The molecule has 0 saturated heterocycles. The summed E-state index contributed by atoms with van der Waals surface area (Å²) in [7, 11) is 0. The minimum Gasteiger partial charge on any atom is -0.478 e. The van der Waals surface area contributed by atoms with E-state index in [-0.39, 0.29) is 27.5 Å². The summed E-state index contributed by atoms with van der Waals surface area (Å²) in [6.07, 6.45) is 1.43. The van der Waals surface area contributed by atoms with E-state index in [1.54, 1.807) is 0 Å². The first kappa shape index (κ1) is 12.7. The number of nitrogens with one attached hydrogen (secondary N) is 1. The summed E-state index contributed by atoms with van der Waals surface area (Å²) >= 11 is 0. The maximum atomic E-state index is 12.4. The van der Waals surface area contributed by atoms with E-state index in [9.17, 15) is 19.7 Å². The van der Waals surface area contributed by atoms with Gasteiger partial charge in [0.1, 0.15) is 11.0 Å². The summed E-state index contributed by atoms with van der Waals surface area (Å²) in [5.41, 5.74) is -1.21. The van der Waals surface area contributed by atoms with Crippen LogP contribution in [0.15, 0.2) is 35.3 Å². The molecule has 2 aromatic heterocycles. The van der Waals surface area contributed by atoms with Crippen LogP contribution in [0.3, 0.4) is 0 Å². The molecule has 1 aromatic carbocycles. The van der Waals surface area contributed by atoms with Crippen LogP contribution in [0.4, 0.5) is 5.69 Å². The van der Waals surface area contributed by atoms with Crippen molar-refractivity contribution in [3.05, 3.63) is 56.4 Å². The van der Waals surface area contributed by atoms with Gasteiger partial charge in [0.15, 0.2) is 0 Å². The molecule has 21 heavy (non-hydrogen) atoms. The number of rotatable bonds is 2. The normalized spacial score (nSPS) is 10.9. The van der Waals surface area contributed by atoms with E-state index in [0.717, 1.165) is 12.1 Å². The Labute approximate surface area is 115 Å². The predicted octanol–water partition coefficient (Wildman–Crippen LogP) is 1.68. The molecular formula is C13H7N3O5. The molecule has 3 aromatic rings. The minimum atomic E-state index is -1.29. The van der Waals surface area contributed by atoms with Gasteiger partial charge >= 0.3 is 5.97 Å². The summed E-state index contributed by atoms with van der Waals surface area (Å²) in [4.78, 5) is 40.7. The number of nitro benzene ring substituents is 1. The van der Waals surface area contributed by atoms with Gasteiger partial charge in [0.05, 0.1) is 21.4 Å². The standard InChI is InChI=1S/C13H7N3O5/c17-11-7-2-1-5-14-12(7)15-10-6(13(18)19)3-4-8(9(10)11)16(20)21/h1-5H,(H,18,19)(H,14,15,17). The SMILES string of the molecule is O=C(O)c1ccc([N+](=O)[O-])c2c(=O)c3cccnc3[nH]c12. The number of aromatic amines is 1. The van der Waals surface area contributed by atoms with Crippen molar-refractivity contribution in [2.24, 2.45) is 0 Å². The zero-order valence-corrected chi connectivity index (χ0v) is 10.4. The van der Waals surface area contributed by atoms with Gasteiger partial charge in [0.25, 0.3) is 5.69 Å². The van der Waals surface area contributed by atoms with Gasteiger partial charge in [-0.1, -0.05) is 0 Å². The van der Waals surface area contributed by atoms with Gasteiger partial charge in [-0.2, -0.15) is 0 Å². The van der Waals surface area contributed by atoms with Gasteiger partial charge in [-0.25, -0.2) is 9.78 Å². The summed E-state index contributed by atoms with van der Waals surface area (Å²) in [6, 6.07) is 5.10. The number of carbonyl (C=O) groups is 1. The second-order valence-corrected chi connectivity index (χ2v) is 4.30. The van der Waals surface area contributed by atoms with Crippen LogP contribution in [0.5, 0.6) is 0 Å². The monoisotopic (exact) mass is 285 g/mol. The molecule has 0 bridgehead atoms. The number of nitrogens with zero attached hydrogens (tertiary/aromatic N) is 2. The van der Waals surface area contributed by atoms with Crippen molar-refractivity contribution >= 4 is 33.6 Å². The molecule has 0 atom stereocenters. The number of pyridine rings is 2. The van der Waals surface area contributed by atoms with E-state index in [4.69, 9.17) is 5.11 Å². The molecule has 0 unspecified atom stereocenters. The fraction of sp³-hybridized carbons (Fsp3) is 0. The molecular weight excluding hydrogens is 278 g/mol. The summed E-state index contributed by atoms with van der Waals surface area (Å²) in [5, 5.41) is 20.1. The molecule has 8 nitrogen and oxygen atoms in total.